The van der Waals surface area contributed by atoms with Gasteiger partial charge >= 0.3 is 0 Å². The molecule has 102 valence electrons. The van der Waals surface area contributed by atoms with Crippen molar-refractivity contribution in [2.45, 2.75) is 19.9 Å². The first kappa shape index (κ1) is 12.6. The van der Waals surface area contributed by atoms with Crippen LogP contribution in [0.15, 0.2) is 18.6 Å². The summed E-state index contributed by atoms with van der Waals surface area (Å²) < 4.78 is 2.05. The number of aromatic nitrogens is 3. The van der Waals surface area contributed by atoms with Crippen molar-refractivity contribution in [3.63, 3.8) is 0 Å². The minimum atomic E-state index is 0.503. The summed E-state index contributed by atoms with van der Waals surface area (Å²) in [5.74, 6) is 4.22. The van der Waals surface area contributed by atoms with Gasteiger partial charge in [-0.3, -0.25) is 0 Å². The second kappa shape index (κ2) is 5.28. The Kier molecular flexibility index (Phi) is 3.50. The van der Waals surface area contributed by atoms with Crippen molar-refractivity contribution in [2.75, 3.05) is 34.8 Å². The summed E-state index contributed by atoms with van der Waals surface area (Å²) in [6, 6.07) is 0.503. The van der Waals surface area contributed by atoms with Gasteiger partial charge < -0.3 is 14.6 Å². The van der Waals surface area contributed by atoms with Crippen molar-refractivity contribution in [3.05, 3.63) is 18.6 Å². The lowest BCUT2D eigenvalue weighted by Crippen LogP contribution is -2.41. The predicted octanol–water partition coefficient (Wildman–Crippen LogP) is 2.10. The Morgan fingerprint density at radius 1 is 1.53 bits per heavy atom. The van der Waals surface area contributed by atoms with E-state index in [2.05, 4.69) is 33.4 Å². The third kappa shape index (κ3) is 2.36. The number of thioether (sulfide) groups is 1. The summed E-state index contributed by atoms with van der Waals surface area (Å²) >= 11 is 2.01. The van der Waals surface area contributed by atoms with Gasteiger partial charge in [0.2, 0.25) is 0 Å². The highest BCUT2D eigenvalue weighted by atomic mass is 32.2. The van der Waals surface area contributed by atoms with Gasteiger partial charge in [-0.05, 0) is 13.8 Å². The van der Waals surface area contributed by atoms with Gasteiger partial charge in [0, 0.05) is 43.0 Å². The molecule has 1 saturated heterocycles. The third-order valence-electron chi connectivity index (χ3n) is 3.35. The molecule has 5 nitrogen and oxygen atoms in total. The van der Waals surface area contributed by atoms with Crippen molar-refractivity contribution in [3.8, 4) is 0 Å². The molecule has 1 atom stereocenters. The van der Waals surface area contributed by atoms with Gasteiger partial charge in [-0.2, -0.15) is 11.8 Å². The Morgan fingerprint density at radius 3 is 3.21 bits per heavy atom. The Hall–Kier alpha value is -1.43. The van der Waals surface area contributed by atoms with Crippen LogP contribution in [0.4, 0.5) is 11.6 Å². The van der Waals surface area contributed by atoms with Gasteiger partial charge in [0.15, 0.2) is 11.5 Å². The fourth-order valence-corrected chi connectivity index (χ4v) is 3.43. The van der Waals surface area contributed by atoms with E-state index in [-0.39, 0.29) is 0 Å². The highest BCUT2D eigenvalue weighted by molar-refractivity contribution is 7.99. The summed E-state index contributed by atoms with van der Waals surface area (Å²) in [4.78, 5) is 11.6. The van der Waals surface area contributed by atoms with Crippen LogP contribution >= 0.6 is 11.8 Å². The molecule has 1 aliphatic rings. The minimum Gasteiger partial charge on any atom is -0.369 e. The predicted molar refractivity (Wildman–Crippen MR) is 81.3 cm³/mol. The summed E-state index contributed by atoms with van der Waals surface area (Å²) in [7, 11) is 0. The number of fused-ring (bicyclic) bond motifs is 1. The van der Waals surface area contributed by atoms with Crippen LogP contribution in [0.1, 0.15) is 13.8 Å². The number of nitrogens with one attached hydrogen (secondary N) is 1. The molecule has 19 heavy (non-hydrogen) atoms. The van der Waals surface area contributed by atoms with E-state index in [1.165, 1.54) is 0 Å². The van der Waals surface area contributed by atoms with Crippen molar-refractivity contribution in [1.29, 1.82) is 0 Å². The van der Waals surface area contributed by atoms with E-state index in [4.69, 9.17) is 4.98 Å². The molecule has 2 aromatic rings. The first-order valence-corrected chi connectivity index (χ1v) is 7.87. The van der Waals surface area contributed by atoms with Crippen LogP contribution in [0.2, 0.25) is 0 Å². The van der Waals surface area contributed by atoms with Crippen LogP contribution in [0, 0.1) is 0 Å². The Labute approximate surface area is 117 Å². The van der Waals surface area contributed by atoms with Crippen LogP contribution in [0.3, 0.4) is 0 Å². The number of hydrogen-bond acceptors (Lipinski definition) is 5. The zero-order valence-electron chi connectivity index (χ0n) is 11.3. The SMILES string of the molecule is CCNc1cn2ccnc2c(N2CCSCC2C)n1. The highest BCUT2D eigenvalue weighted by Crippen LogP contribution is 2.26. The minimum absolute atomic E-state index is 0.503. The van der Waals surface area contributed by atoms with E-state index in [1.54, 1.807) is 0 Å². The molecule has 0 spiro atoms. The van der Waals surface area contributed by atoms with Gasteiger partial charge in [0.05, 0.1) is 6.20 Å². The lowest BCUT2D eigenvalue weighted by molar-refractivity contribution is 0.690. The average molecular weight is 277 g/mol. The van der Waals surface area contributed by atoms with Crippen molar-refractivity contribution < 1.29 is 0 Å². The molecule has 0 radical (unpaired) electrons. The molecule has 0 aliphatic carbocycles. The zero-order valence-corrected chi connectivity index (χ0v) is 12.2. The Morgan fingerprint density at radius 2 is 2.42 bits per heavy atom. The molecule has 0 bridgehead atoms. The van der Waals surface area contributed by atoms with Gasteiger partial charge in [-0.25, -0.2) is 9.97 Å². The largest absolute Gasteiger partial charge is 0.369 e. The van der Waals surface area contributed by atoms with Gasteiger partial charge in [0.1, 0.15) is 5.82 Å². The molecule has 1 unspecified atom stereocenters. The van der Waals surface area contributed by atoms with Crippen LogP contribution in [-0.4, -0.2) is 45.0 Å². The molecule has 1 aliphatic heterocycles. The van der Waals surface area contributed by atoms with E-state index >= 15 is 0 Å². The lowest BCUT2D eigenvalue weighted by Gasteiger charge is -2.34. The fraction of sp³-hybridized carbons (Fsp3) is 0.538. The molecule has 1 N–H and O–H groups in total. The smallest absolute Gasteiger partial charge is 0.180 e. The molecule has 3 rings (SSSR count). The topological polar surface area (TPSA) is 45.5 Å². The first-order chi connectivity index (χ1) is 9.29. The molecule has 3 heterocycles. The number of imidazole rings is 1. The van der Waals surface area contributed by atoms with E-state index in [0.717, 1.165) is 41.9 Å². The van der Waals surface area contributed by atoms with Crippen LogP contribution in [-0.2, 0) is 0 Å². The molecule has 1 fully saturated rings. The number of anilines is 2. The standard InChI is InChI=1S/C13H19N5S/c1-3-14-11-8-17-5-4-15-12(17)13(16-11)18-6-7-19-9-10(18)2/h4-5,8,10,14H,3,6-7,9H2,1-2H3. The number of hydrogen-bond donors (Lipinski definition) is 1. The first-order valence-electron chi connectivity index (χ1n) is 6.71. The number of rotatable bonds is 3. The van der Waals surface area contributed by atoms with E-state index in [1.807, 2.05) is 30.4 Å². The van der Waals surface area contributed by atoms with E-state index in [9.17, 15) is 0 Å². The maximum Gasteiger partial charge on any atom is 0.180 e. The summed E-state index contributed by atoms with van der Waals surface area (Å²) in [6.07, 6.45) is 5.81. The van der Waals surface area contributed by atoms with E-state index < -0.39 is 0 Å². The van der Waals surface area contributed by atoms with Crippen LogP contribution < -0.4 is 10.2 Å². The molecule has 2 aromatic heterocycles. The molecular weight excluding hydrogens is 258 g/mol. The number of nitrogens with zero attached hydrogens (tertiary/aromatic N) is 4. The Balaban J connectivity index is 2.06. The highest BCUT2D eigenvalue weighted by Gasteiger charge is 2.23. The van der Waals surface area contributed by atoms with E-state index in [0.29, 0.717) is 6.04 Å². The quantitative estimate of drug-likeness (QED) is 0.931. The maximum absolute atomic E-state index is 4.76. The summed E-state index contributed by atoms with van der Waals surface area (Å²) in [5.41, 5.74) is 0.945. The molecular formula is C13H19N5S. The van der Waals surface area contributed by atoms with Gasteiger partial charge in [0.25, 0.3) is 0 Å². The second-order valence-corrected chi connectivity index (χ2v) is 5.91. The van der Waals surface area contributed by atoms with Crippen LogP contribution in [0.25, 0.3) is 5.65 Å². The molecule has 0 amide bonds. The van der Waals surface area contributed by atoms with Crippen molar-refractivity contribution in [1.82, 2.24) is 14.4 Å². The molecule has 6 heteroatoms. The summed E-state index contributed by atoms with van der Waals surface area (Å²) in [5, 5.41) is 3.29. The average Bonchev–Trinajstić information content (AvgIpc) is 2.87. The monoisotopic (exact) mass is 277 g/mol. The van der Waals surface area contributed by atoms with Gasteiger partial charge in [-0.1, -0.05) is 0 Å². The molecule has 0 aromatic carbocycles. The third-order valence-corrected chi connectivity index (χ3v) is 4.54. The van der Waals surface area contributed by atoms with Crippen molar-refractivity contribution in [2.24, 2.45) is 0 Å². The van der Waals surface area contributed by atoms with Crippen molar-refractivity contribution >= 4 is 29.0 Å². The fourth-order valence-electron chi connectivity index (χ4n) is 2.42. The van der Waals surface area contributed by atoms with Gasteiger partial charge in [-0.15, -0.1) is 0 Å². The Bertz CT molecular complexity index is 567. The summed E-state index contributed by atoms with van der Waals surface area (Å²) in [6.45, 7) is 6.25. The lowest BCUT2D eigenvalue weighted by atomic mass is 10.3. The zero-order chi connectivity index (χ0) is 13.2. The second-order valence-electron chi connectivity index (χ2n) is 4.76. The molecule has 0 saturated carbocycles. The normalized spacial score (nSPS) is 19.9. The maximum atomic E-state index is 4.76. The van der Waals surface area contributed by atoms with Crippen LogP contribution in [0.5, 0.6) is 0 Å².